The van der Waals surface area contributed by atoms with Gasteiger partial charge < -0.3 is 20.3 Å². The van der Waals surface area contributed by atoms with E-state index in [0.29, 0.717) is 31.7 Å². The van der Waals surface area contributed by atoms with Gasteiger partial charge in [-0.05, 0) is 75.4 Å². The molecule has 40 heavy (non-hydrogen) atoms. The number of carbonyl (C=O) groups excluding carboxylic acids is 2. The molecule has 3 aromatic rings. The molecule has 0 radical (unpaired) electrons. The van der Waals surface area contributed by atoms with Gasteiger partial charge in [0.2, 0.25) is 5.91 Å². The van der Waals surface area contributed by atoms with Crippen LogP contribution in [0.25, 0.3) is 11.1 Å². The standard InChI is InChI=1S/C33H43N2O4P/c1-25(19-21-34-32(37)39-33(2,3)4)35-31(36)30(24-40(38)22-20-26-11-7-5-8-12-26)23-27-15-17-29(18-16-27)28-13-9-6-10-14-28/h5-18,25,30,38H,19-24H2,1-4H3,(H,34,37)(H,35,36). The quantitative estimate of drug-likeness (QED) is 0.206. The van der Waals surface area contributed by atoms with E-state index in [1.165, 1.54) is 5.56 Å². The van der Waals surface area contributed by atoms with Gasteiger partial charge in [-0.25, -0.2) is 4.79 Å². The zero-order valence-electron chi connectivity index (χ0n) is 24.1. The third-order valence-corrected chi connectivity index (χ3v) is 8.08. The Morgan fingerprint density at radius 2 is 1.48 bits per heavy atom. The molecule has 3 atom stereocenters. The lowest BCUT2D eigenvalue weighted by Gasteiger charge is -2.23. The number of hydrogen-bond acceptors (Lipinski definition) is 4. The molecule has 0 saturated carbocycles. The van der Waals surface area contributed by atoms with Crippen molar-refractivity contribution in [1.82, 2.24) is 10.6 Å². The number of nitrogens with one attached hydrogen (secondary N) is 2. The van der Waals surface area contributed by atoms with Gasteiger partial charge in [0.05, 0.1) is 0 Å². The van der Waals surface area contributed by atoms with Gasteiger partial charge in [-0.2, -0.15) is 0 Å². The molecule has 0 saturated heterocycles. The van der Waals surface area contributed by atoms with E-state index in [0.717, 1.165) is 23.1 Å². The minimum Gasteiger partial charge on any atom is -0.444 e. The summed E-state index contributed by atoms with van der Waals surface area (Å²) in [4.78, 5) is 36.3. The maximum atomic E-state index is 13.4. The monoisotopic (exact) mass is 562 g/mol. The maximum Gasteiger partial charge on any atom is 0.407 e. The van der Waals surface area contributed by atoms with Crippen LogP contribution in [-0.2, 0) is 22.4 Å². The molecule has 0 aliphatic rings. The summed E-state index contributed by atoms with van der Waals surface area (Å²) in [6.07, 6.45) is 2.55. The van der Waals surface area contributed by atoms with E-state index in [4.69, 9.17) is 4.74 Å². The third kappa shape index (κ3) is 11.5. The summed E-state index contributed by atoms with van der Waals surface area (Å²) in [7, 11) is -1.31. The van der Waals surface area contributed by atoms with Crippen LogP contribution < -0.4 is 10.6 Å². The molecular formula is C33H43N2O4P. The zero-order valence-corrected chi connectivity index (χ0v) is 25.0. The molecule has 7 heteroatoms. The van der Waals surface area contributed by atoms with Crippen LogP contribution in [0.5, 0.6) is 0 Å². The predicted octanol–water partition coefficient (Wildman–Crippen LogP) is 6.56. The molecule has 0 aromatic heterocycles. The number of alkyl carbamates (subject to hydrolysis) is 1. The first kappa shape index (κ1) is 31.3. The number of rotatable bonds is 13. The minimum absolute atomic E-state index is 0.0711. The van der Waals surface area contributed by atoms with Crippen LogP contribution >= 0.6 is 8.15 Å². The second-order valence-electron chi connectivity index (χ2n) is 11.2. The number of benzene rings is 3. The summed E-state index contributed by atoms with van der Waals surface area (Å²) >= 11 is 0. The van der Waals surface area contributed by atoms with Gasteiger partial charge in [0.15, 0.2) is 0 Å². The molecule has 0 heterocycles. The Balaban J connectivity index is 1.60. The van der Waals surface area contributed by atoms with E-state index in [9.17, 15) is 14.5 Å². The summed E-state index contributed by atoms with van der Waals surface area (Å²) in [6, 6.07) is 28.5. The van der Waals surface area contributed by atoms with Gasteiger partial charge in [-0.3, -0.25) is 4.79 Å². The fourth-order valence-electron chi connectivity index (χ4n) is 4.37. The highest BCUT2D eigenvalue weighted by Gasteiger charge is 2.24. The fourth-order valence-corrected chi connectivity index (χ4v) is 5.88. The van der Waals surface area contributed by atoms with Crippen molar-refractivity contribution in [3.63, 3.8) is 0 Å². The summed E-state index contributed by atoms with van der Waals surface area (Å²) in [5.41, 5.74) is 3.97. The Kier molecular flexibility index (Phi) is 12.2. The molecule has 0 aliphatic heterocycles. The molecule has 3 N–H and O–H groups in total. The van der Waals surface area contributed by atoms with Crippen LogP contribution in [0.3, 0.4) is 0 Å². The number of aryl methyl sites for hydroxylation is 1. The van der Waals surface area contributed by atoms with E-state index < -0.39 is 19.8 Å². The number of hydrogen-bond donors (Lipinski definition) is 3. The highest BCUT2D eigenvalue weighted by atomic mass is 31.1. The van der Waals surface area contributed by atoms with E-state index in [-0.39, 0.29) is 17.9 Å². The molecule has 3 rings (SSSR count). The molecule has 2 amide bonds. The van der Waals surface area contributed by atoms with Gasteiger partial charge in [-0.1, -0.05) is 84.9 Å². The Labute approximate surface area is 240 Å². The maximum absolute atomic E-state index is 13.4. The molecule has 3 aromatic carbocycles. The number of amides is 2. The topological polar surface area (TPSA) is 87.7 Å². The largest absolute Gasteiger partial charge is 0.444 e. The van der Waals surface area contributed by atoms with E-state index in [1.807, 2.05) is 64.1 Å². The average molecular weight is 563 g/mol. The lowest BCUT2D eigenvalue weighted by molar-refractivity contribution is -0.125. The van der Waals surface area contributed by atoms with Crippen molar-refractivity contribution in [1.29, 1.82) is 0 Å². The van der Waals surface area contributed by atoms with E-state index in [2.05, 4.69) is 59.2 Å². The molecule has 0 aliphatic carbocycles. The van der Waals surface area contributed by atoms with Crippen molar-refractivity contribution in [3.8, 4) is 11.1 Å². The first-order chi connectivity index (χ1) is 19.1. The first-order valence-corrected chi connectivity index (χ1v) is 15.6. The van der Waals surface area contributed by atoms with Crippen molar-refractivity contribution in [2.24, 2.45) is 5.92 Å². The van der Waals surface area contributed by atoms with Crippen molar-refractivity contribution in [2.45, 2.75) is 58.6 Å². The van der Waals surface area contributed by atoms with E-state index >= 15 is 0 Å². The normalized spacial score (nSPS) is 13.6. The smallest absolute Gasteiger partial charge is 0.407 e. The Bertz CT molecular complexity index is 1180. The predicted molar refractivity (Wildman–Crippen MR) is 165 cm³/mol. The zero-order chi connectivity index (χ0) is 29.0. The number of carbonyl (C=O) groups is 2. The molecule has 0 bridgehead atoms. The molecule has 214 valence electrons. The second kappa shape index (κ2) is 15.5. The lowest BCUT2D eigenvalue weighted by atomic mass is 9.97. The van der Waals surface area contributed by atoms with Crippen LogP contribution in [0.15, 0.2) is 84.9 Å². The second-order valence-corrected chi connectivity index (χ2v) is 13.1. The SMILES string of the molecule is CC(CCNC(=O)OC(C)(C)C)NC(=O)C(Cc1ccc(-c2ccccc2)cc1)CP(O)CCc1ccccc1. The van der Waals surface area contributed by atoms with Crippen LogP contribution in [0.4, 0.5) is 4.79 Å². The van der Waals surface area contributed by atoms with Crippen molar-refractivity contribution in [3.05, 3.63) is 96.1 Å². The van der Waals surface area contributed by atoms with Crippen molar-refractivity contribution in [2.75, 3.05) is 18.9 Å². The van der Waals surface area contributed by atoms with Crippen molar-refractivity contribution >= 4 is 20.1 Å². The summed E-state index contributed by atoms with van der Waals surface area (Å²) in [6.45, 7) is 7.78. The molecular weight excluding hydrogens is 519 g/mol. The van der Waals surface area contributed by atoms with Gasteiger partial charge >= 0.3 is 6.09 Å². The van der Waals surface area contributed by atoms with Crippen LogP contribution in [0.2, 0.25) is 0 Å². The van der Waals surface area contributed by atoms with Crippen molar-refractivity contribution < 1.29 is 19.2 Å². The fraction of sp³-hybridized carbons (Fsp3) is 0.394. The van der Waals surface area contributed by atoms with Crippen LogP contribution in [0, 0.1) is 5.92 Å². The Morgan fingerprint density at radius 3 is 2.10 bits per heavy atom. The van der Waals surface area contributed by atoms with Gasteiger partial charge in [0, 0.05) is 32.8 Å². The minimum atomic E-state index is -1.31. The van der Waals surface area contributed by atoms with E-state index in [1.54, 1.807) is 0 Å². The van der Waals surface area contributed by atoms with Gasteiger partial charge in [-0.15, -0.1) is 0 Å². The molecule has 6 nitrogen and oxygen atoms in total. The van der Waals surface area contributed by atoms with Crippen LogP contribution in [-0.4, -0.2) is 47.4 Å². The molecule has 0 spiro atoms. The average Bonchev–Trinajstić information content (AvgIpc) is 2.92. The Hall–Kier alpha value is -3.21. The third-order valence-electron chi connectivity index (χ3n) is 6.48. The van der Waals surface area contributed by atoms with Crippen LogP contribution in [0.1, 0.15) is 45.2 Å². The summed E-state index contributed by atoms with van der Waals surface area (Å²) in [5, 5.41) is 5.85. The molecule has 0 fully saturated rings. The van der Waals surface area contributed by atoms with Gasteiger partial charge in [0.25, 0.3) is 0 Å². The molecule has 3 unspecified atom stereocenters. The highest BCUT2D eigenvalue weighted by molar-refractivity contribution is 7.51. The Morgan fingerprint density at radius 1 is 0.875 bits per heavy atom. The van der Waals surface area contributed by atoms with Gasteiger partial charge in [0.1, 0.15) is 5.60 Å². The summed E-state index contributed by atoms with van der Waals surface area (Å²) in [5.74, 6) is -0.422. The summed E-state index contributed by atoms with van der Waals surface area (Å²) < 4.78 is 5.28. The number of ether oxygens (including phenoxy) is 1. The highest BCUT2D eigenvalue weighted by Crippen LogP contribution is 2.35. The lowest BCUT2D eigenvalue weighted by Crippen LogP contribution is -2.41. The first-order valence-electron chi connectivity index (χ1n) is 14.0.